The van der Waals surface area contributed by atoms with Gasteiger partial charge >= 0.3 is 6.18 Å². The molecule has 2 heterocycles. The molecule has 19 heavy (non-hydrogen) atoms. The van der Waals surface area contributed by atoms with Gasteiger partial charge in [0.05, 0.1) is 17.0 Å². The van der Waals surface area contributed by atoms with Gasteiger partial charge in [-0.25, -0.2) is 4.98 Å². The predicted molar refractivity (Wildman–Crippen MR) is 66.6 cm³/mol. The van der Waals surface area contributed by atoms with Crippen molar-refractivity contribution in [1.82, 2.24) is 9.97 Å². The van der Waals surface area contributed by atoms with E-state index in [1.54, 1.807) is 25.1 Å². The zero-order valence-electron chi connectivity index (χ0n) is 10.2. The molecule has 0 bridgehead atoms. The molecule has 0 aliphatic rings. The summed E-state index contributed by atoms with van der Waals surface area (Å²) >= 11 is 0. The lowest BCUT2D eigenvalue weighted by molar-refractivity contribution is -0.137. The quantitative estimate of drug-likeness (QED) is 0.923. The number of hydrogen-bond acceptors (Lipinski definition) is 3. The highest BCUT2D eigenvalue weighted by Gasteiger charge is 2.31. The number of alkyl halides is 3. The highest BCUT2D eigenvalue weighted by Crippen LogP contribution is 2.32. The first-order chi connectivity index (χ1) is 9.00. The minimum atomic E-state index is -4.41. The van der Waals surface area contributed by atoms with E-state index in [1.165, 1.54) is 6.20 Å². The largest absolute Gasteiger partial charge is 0.416 e. The lowest BCUT2D eigenvalue weighted by atomic mass is 10.1. The van der Waals surface area contributed by atoms with Gasteiger partial charge in [0.2, 0.25) is 0 Å². The molecule has 0 unspecified atom stereocenters. The van der Waals surface area contributed by atoms with Crippen LogP contribution >= 0.6 is 0 Å². The number of nitrogens with one attached hydrogen (secondary N) is 1. The molecule has 6 heteroatoms. The molecule has 2 aromatic heterocycles. The number of hydrogen-bond donors (Lipinski definition) is 1. The normalized spacial score (nSPS) is 11.4. The van der Waals surface area contributed by atoms with E-state index >= 15 is 0 Å². The van der Waals surface area contributed by atoms with E-state index in [0.717, 1.165) is 12.1 Å². The monoisotopic (exact) mass is 267 g/mol. The van der Waals surface area contributed by atoms with Crippen LogP contribution in [0.3, 0.4) is 0 Å². The van der Waals surface area contributed by atoms with Crippen LogP contribution in [0.25, 0.3) is 11.4 Å². The van der Waals surface area contributed by atoms with Crippen LogP contribution in [0.2, 0.25) is 0 Å². The topological polar surface area (TPSA) is 37.8 Å². The minimum absolute atomic E-state index is 0.193. The third kappa shape index (κ3) is 3.21. The molecule has 3 nitrogen and oxygen atoms in total. The van der Waals surface area contributed by atoms with E-state index in [4.69, 9.17) is 0 Å². The second-order valence-corrected chi connectivity index (χ2v) is 3.87. The molecule has 0 aliphatic carbocycles. The standard InChI is InChI=1S/C13H12F3N3/c1-2-17-12-8-9(13(14,15)16)7-11(19-12)10-5-3-4-6-18-10/h3-8H,2H2,1H3,(H,17,19). The van der Waals surface area contributed by atoms with Crippen molar-refractivity contribution >= 4 is 5.82 Å². The number of rotatable bonds is 3. The summed E-state index contributed by atoms with van der Waals surface area (Å²) in [7, 11) is 0. The first-order valence-corrected chi connectivity index (χ1v) is 5.75. The summed E-state index contributed by atoms with van der Waals surface area (Å²) < 4.78 is 38.5. The lowest BCUT2D eigenvalue weighted by Crippen LogP contribution is -2.09. The summed E-state index contributed by atoms with van der Waals surface area (Å²) in [4.78, 5) is 8.15. The van der Waals surface area contributed by atoms with Crippen molar-refractivity contribution in [3.8, 4) is 11.4 Å². The van der Waals surface area contributed by atoms with E-state index in [1.807, 2.05) is 0 Å². The van der Waals surface area contributed by atoms with Crippen LogP contribution in [-0.4, -0.2) is 16.5 Å². The Morgan fingerprint density at radius 3 is 2.53 bits per heavy atom. The van der Waals surface area contributed by atoms with Gasteiger partial charge in [0.15, 0.2) is 0 Å². The molecule has 0 atom stereocenters. The van der Waals surface area contributed by atoms with Gasteiger partial charge in [-0.2, -0.15) is 13.2 Å². The van der Waals surface area contributed by atoms with E-state index in [0.29, 0.717) is 12.2 Å². The Kier molecular flexibility index (Phi) is 3.69. The van der Waals surface area contributed by atoms with Crippen molar-refractivity contribution in [1.29, 1.82) is 0 Å². The molecule has 0 fully saturated rings. The zero-order chi connectivity index (χ0) is 13.9. The van der Waals surface area contributed by atoms with Gasteiger partial charge in [0, 0.05) is 12.7 Å². The Bertz CT molecular complexity index is 553. The van der Waals surface area contributed by atoms with E-state index < -0.39 is 11.7 Å². The maximum atomic E-state index is 12.8. The van der Waals surface area contributed by atoms with Gasteiger partial charge in [-0.05, 0) is 31.2 Å². The van der Waals surface area contributed by atoms with Crippen molar-refractivity contribution < 1.29 is 13.2 Å². The van der Waals surface area contributed by atoms with Crippen LogP contribution in [0.5, 0.6) is 0 Å². The fourth-order valence-electron chi connectivity index (χ4n) is 1.61. The number of nitrogens with zero attached hydrogens (tertiary/aromatic N) is 2. The second kappa shape index (κ2) is 5.26. The molecule has 0 saturated heterocycles. The Balaban J connectivity index is 2.52. The molecular weight excluding hydrogens is 255 g/mol. The number of halogens is 3. The maximum Gasteiger partial charge on any atom is 0.416 e. The second-order valence-electron chi connectivity index (χ2n) is 3.87. The molecule has 0 amide bonds. The Morgan fingerprint density at radius 2 is 1.95 bits per heavy atom. The molecular formula is C13H12F3N3. The van der Waals surface area contributed by atoms with E-state index in [9.17, 15) is 13.2 Å². The van der Waals surface area contributed by atoms with Crippen LogP contribution in [0.4, 0.5) is 19.0 Å². The molecule has 100 valence electrons. The highest BCUT2D eigenvalue weighted by atomic mass is 19.4. The van der Waals surface area contributed by atoms with Gasteiger partial charge in [-0.15, -0.1) is 0 Å². The zero-order valence-corrected chi connectivity index (χ0v) is 10.2. The van der Waals surface area contributed by atoms with Crippen LogP contribution in [-0.2, 0) is 6.18 Å². The summed E-state index contributed by atoms with van der Waals surface area (Å²) in [6, 6.07) is 7.02. The highest BCUT2D eigenvalue weighted by molar-refractivity contribution is 5.59. The summed E-state index contributed by atoms with van der Waals surface area (Å²) in [5.74, 6) is 0.193. The van der Waals surface area contributed by atoms with Gasteiger partial charge in [-0.1, -0.05) is 6.07 Å². The predicted octanol–water partition coefficient (Wildman–Crippen LogP) is 3.59. The number of pyridine rings is 2. The van der Waals surface area contributed by atoms with E-state index in [-0.39, 0.29) is 11.5 Å². The fourth-order valence-corrected chi connectivity index (χ4v) is 1.61. The third-order valence-corrected chi connectivity index (χ3v) is 2.44. The average Bonchev–Trinajstić information content (AvgIpc) is 2.39. The van der Waals surface area contributed by atoms with Gasteiger partial charge in [0.25, 0.3) is 0 Å². The average molecular weight is 267 g/mol. The summed E-state index contributed by atoms with van der Waals surface area (Å²) in [6.45, 7) is 2.29. The Morgan fingerprint density at radius 1 is 1.16 bits per heavy atom. The van der Waals surface area contributed by atoms with Crippen LogP contribution in [0, 0.1) is 0 Å². The van der Waals surface area contributed by atoms with Crippen molar-refractivity contribution in [2.45, 2.75) is 13.1 Å². The van der Waals surface area contributed by atoms with Crippen molar-refractivity contribution in [3.63, 3.8) is 0 Å². The van der Waals surface area contributed by atoms with Crippen LogP contribution in [0.15, 0.2) is 36.5 Å². The van der Waals surface area contributed by atoms with Crippen LogP contribution < -0.4 is 5.32 Å². The SMILES string of the molecule is CCNc1cc(C(F)(F)F)cc(-c2ccccn2)n1. The number of anilines is 1. The fraction of sp³-hybridized carbons (Fsp3) is 0.231. The lowest BCUT2D eigenvalue weighted by Gasteiger charge is -2.11. The minimum Gasteiger partial charge on any atom is -0.370 e. The molecule has 0 saturated carbocycles. The molecule has 2 aromatic rings. The van der Waals surface area contributed by atoms with E-state index in [2.05, 4.69) is 15.3 Å². The molecule has 0 aliphatic heterocycles. The molecule has 0 aromatic carbocycles. The van der Waals surface area contributed by atoms with Crippen molar-refractivity contribution in [2.75, 3.05) is 11.9 Å². The molecule has 0 spiro atoms. The summed E-state index contributed by atoms with van der Waals surface area (Å²) in [5.41, 5.74) is -0.127. The molecule has 2 rings (SSSR count). The Hall–Kier alpha value is -2.11. The summed E-state index contributed by atoms with van der Waals surface area (Å²) in [5, 5.41) is 2.79. The first kappa shape index (κ1) is 13.3. The van der Waals surface area contributed by atoms with Crippen LogP contribution in [0.1, 0.15) is 12.5 Å². The molecule has 1 N–H and O–H groups in total. The summed E-state index contributed by atoms with van der Waals surface area (Å²) in [6.07, 6.45) is -2.89. The smallest absolute Gasteiger partial charge is 0.370 e. The third-order valence-electron chi connectivity index (χ3n) is 2.44. The van der Waals surface area contributed by atoms with Gasteiger partial charge in [0.1, 0.15) is 5.82 Å². The first-order valence-electron chi connectivity index (χ1n) is 5.75. The Labute approximate surface area is 108 Å². The van der Waals surface area contributed by atoms with Gasteiger partial charge in [-0.3, -0.25) is 4.98 Å². The van der Waals surface area contributed by atoms with Gasteiger partial charge < -0.3 is 5.32 Å². The van der Waals surface area contributed by atoms with Crippen molar-refractivity contribution in [3.05, 3.63) is 42.1 Å². The van der Waals surface area contributed by atoms with Crippen molar-refractivity contribution in [2.24, 2.45) is 0 Å². The maximum absolute atomic E-state index is 12.8. The molecule has 0 radical (unpaired) electrons. The number of aromatic nitrogens is 2.